The highest BCUT2D eigenvalue weighted by atomic mass is 32.1. The fraction of sp³-hybridized carbons (Fsp3) is 0.250. The summed E-state index contributed by atoms with van der Waals surface area (Å²) in [5.41, 5.74) is 1.26. The van der Waals surface area contributed by atoms with Gasteiger partial charge in [-0.3, -0.25) is 10.1 Å². The number of hydrogen-bond acceptors (Lipinski definition) is 5. The number of anilines is 1. The number of rotatable bonds is 7. The molecule has 0 aliphatic rings. The number of carbonyl (C=O) groups excluding carboxylic acids is 1. The van der Waals surface area contributed by atoms with Gasteiger partial charge in [0.05, 0.1) is 0 Å². The van der Waals surface area contributed by atoms with Crippen LogP contribution in [0.4, 0.5) is 5.13 Å². The van der Waals surface area contributed by atoms with Crippen molar-refractivity contribution in [3.8, 4) is 5.75 Å². The highest BCUT2D eigenvalue weighted by molar-refractivity contribution is 7.15. The first kappa shape index (κ1) is 18.1. The van der Waals surface area contributed by atoms with E-state index in [1.54, 1.807) is 6.92 Å². The van der Waals surface area contributed by atoms with E-state index in [0.29, 0.717) is 16.8 Å². The summed E-state index contributed by atoms with van der Waals surface area (Å²) >= 11 is 1.40. The molecule has 0 saturated heterocycles. The average molecular weight is 367 g/mol. The van der Waals surface area contributed by atoms with Gasteiger partial charge in [0, 0.05) is 6.42 Å². The molecule has 1 N–H and O–H groups in total. The van der Waals surface area contributed by atoms with Crippen molar-refractivity contribution in [1.29, 1.82) is 0 Å². The molecule has 1 amide bonds. The Hall–Kier alpha value is -2.73. The second kappa shape index (κ2) is 8.58. The topological polar surface area (TPSA) is 64.1 Å². The number of aromatic nitrogens is 2. The number of nitrogens with one attached hydrogen (secondary N) is 1. The first-order chi connectivity index (χ1) is 12.6. The molecule has 0 radical (unpaired) electrons. The molecule has 3 rings (SSSR count). The lowest BCUT2D eigenvalue weighted by atomic mass is 9.98. The normalized spacial score (nSPS) is 13.0. The standard InChI is InChI=1S/C20H21N3O2S/c1-14(16-9-5-3-6-10-16)13-18-22-23-20(26-18)21-19(24)15(2)25-17-11-7-4-8-12-17/h3-12,14-15H,13H2,1-2H3,(H,21,23,24)/t14-,15-/m1/s1. The third-order valence-electron chi connectivity index (χ3n) is 3.97. The number of amides is 1. The SMILES string of the molecule is C[C@H](Cc1nnc(NC(=O)[C@@H](C)Oc2ccccc2)s1)c1ccccc1. The van der Waals surface area contributed by atoms with E-state index in [2.05, 4.69) is 34.6 Å². The van der Waals surface area contributed by atoms with Gasteiger partial charge in [0.25, 0.3) is 5.91 Å². The van der Waals surface area contributed by atoms with Crippen LogP contribution in [0.1, 0.15) is 30.3 Å². The molecular formula is C20H21N3O2S. The maximum Gasteiger partial charge on any atom is 0.266 e. The number of benzene rings is 2. The van der Waals surface area contributed by atoms with Crippen LogP contribution in [-0.2, 0) is 11.2 Å². The van der Waals surface area contributed by atoms with E-state index in [0.717, 1.165) is 11.4 Å². The second-order valence-corrected chi connectivity index (χ2v) is 7.14. The maximum atomic E-state index is 12.3. The molecule has 26 heavy (non-hydrogen) atoms. The number of ether oxygens (including phenoxy) is 1. The van der Waals surface area contributed by atoms with Crippen LogP contribution in [0, 0.1) is 0 Å². The van der Waals surface area contributed by atoms with E-state index in [-0.39, 0.29) is 5.91 Å². The Kier molecular flexibility index (Phi) is 5.96. The largest absolute Gasteiger partial charge is 0.481 e. The van der Waals surface area contributed by atoms with Crippen LogP contribution in [0.15, 0.2) is 60.7 Å². The molecule has 6 heteroatoms. The van der Waals surface area contributed by atoms with Crippen LogP contribution >= 0.6 is 11.3 Å². The van der Waals surface area contributed by atoms with Gasteiger partial charge < -0.3 is 4.74 Å². The van der Waals surface area contributed by atoms with E-state index in [9.17, 15) is 4.79 Å². The minimum atomic E-state index is -0.618. The zero-order chi connectivity index (χ0) is 18.4. The highest BCUT2D eigenvalue weighted by Crippen LogP contribution is 2.24. The van der Waals surface area contributed by atoms with Crippen molar-refractivity contribution < 1.29 is 9.53 Å². The molecule has 2 aromatic carbocycles. The van der Waals surface area contributed by atoms with Crippen molar-refractivity contribution in [3.63, 3.8) is 0 Å². The third kappa shape index (κ3) is 4.89. The minimum Gasteiger partial charge on any atom is -0.481 e. The maximum absolute atomic E-state index is 12.3. The Morgan fingerprint density at radius 1 is 1.04 bits per heavy atom. The van der Waals surface area contributed by atoms with Crippen molar-refractivity contribution in [2.75, 3.05) is 5.32 Å². The Balaban J connectivity index is 1.55. The third-order valence-corrected chi connectivity index (χ3v) is 4.83. The summed E-state index contributed by atoms with van der Waals surface area (Å²) in [4.78, 5) is 12.3. The first-order valence-corrected chi connectivity index (χ1v) is 9.33. The van der Waals surface area contributed by atoms with Gasteiger partial charge in [-0.2, -0.15) is 0 Å². The first-order valence-electron chi connectivity index (χ1n) is 8.51. The molecule has 1 heterocycles. The Bertz CT molecular complexity index is 837. The predicted octanol–water partition coefficient (Wildman–Crippen LogP) is 4.29. The molecule has 0 aliphatic heterocycles. The number of nitrogens with zero attached hydrogens (tertiary/aromatic N) is 2. The molecule has 0 fully saturated rings. The zero-order valence-electron chi connectivity index (χ0n) is 14.8. The molecule has 3 aromatic rings. The molecule has 0 bridgehead atoms. The van der Waals surface area contributed by atoms with E-state index in [1.165, 1.54) is 16.9 Å². The van der Waals surface area contributed by atoms with Crippen molar-refractivity contribution in [2.45, 2.75) is 32.3 Å². The summed E-state index contributed by atoms with van der Waals surface area (Å²) in [6, 6.07) is 19.6. The molecule has 0 unspecified atom stereocenters. The van der Waals surface area contributed by atoms with E-state index < -0.39 is 6.10 Å². The van der Waals surface area contributed by atoms with Gasteiger partial charge in [0.2, 0.25) is 5.13 Å². The van der Waals surface area contributed by atoms with Crippen LogP contribution in [0.2, 0.25) is 0 Å². The minimum absolute atomic E-state index is 0.243. The summed E-state index contributed by atoms with van der Waals surface area (Å²) in [6.07, 6.45) is 0.168. The summed E-state index contributed by atoms with van der Waals surface area (Å²) in [7, 11) is 0. The average Bonchev–Trinajstić information content (AvgIpc) is 3.10. The van der Waals surface area contributed by atoms with Gasteiger partial charge in [-0.15, -0.1) is 10.2 Å². The van der Waals surface area contributed by atoms with E-state index in [1.807, 2.05) is 48.5 Å². The predicted molar refractivity (Wildman–Crippen MR) is 104 cm³/mol. The molecule has 2 atom stereocenters. The lowest BCUT2D eigenvalue weighted by Crippen LogP contribution is -2.30. The molecular weight excluding hydrogens is 346 g/mol. The summed E-state index contributed by atoms with van der Waals surface area (Å²) in [6.45, 7) is 3.87. The molecule has 0 spiro atoms. The van der Waals surface area contributed by atoms with Crippen LogP contribution in [0.5, 0.6) is 5.75 Å². The van der Waals surface area contributed by atoms with E-state index in [4.69, 9.17) is 4.74 Å². The van der Waals surface area contributed by atoms with Crippen molar-refractivity contribution >= 4 is 22.4 Å². The Labute approximate surface area is 157 Å². The smallest absolute Gasteiger partial charge is 0.266 e. The van der Waals surface area contributed by atoms with Crippen LogP contribution in [-0.4, -0.2) is 22.2 Å². The van der Waals surface area contributed by atoms with Crippen molar-refractivity contribution in [3.05, 3.63) is 71.2 Å². The number of hydrogen-bond donors (Lipinski definition) is 1. The summed E-state index contributed by atoms with van der Waals surface area (Å²) in [5, 5.41) is 12.4. The molecule has 5 nitrogen and oxygen atoms in total. The fourth-order valence-electron chi connectivity index (χ4n) is 2.51. The Morgan fingerprint density at radius 3 is 2.38 bits per heavy atom. The second-order valence-electron chi connectivity index (χ2n) is 6.08. The van der Waals surface area contributed by atoms with Gasteiger partial charge in [-0.25, -0.2) is 0 Å². The quantitative estimate of drug-likeness (QED) is 0.676. The summed E-state index contributed by atoms with van der Waals surface area (Å²) in [5.74, 6) is 0.755. The highest BCUT2D eigenvalue weighted by Gasteiger charge is 2.17. The fourth-order valence-corrected chi connectivity index (χ4v) is 3.38. The van der Waals surface area contributed by atoms with Gasteiger partial charge in [0.15, 0.2) is 6.10 Å². The van der Waals surface area contributed by atoms with Gasteiger partial charge in [-0.05, 0) is 30.5 Å². The number of carbonyl (C=O) groups is 1. The molecule has 134 valence electrons. The molecule has 1 aromatic heterocycles. The van der Waals surface area contributed by atoms with Crippen molar-refractivity contribution in [1.82, 2.24) is 10.2 Å². The van der Waals surface area contributed by atoms with Gasteiger partial charge in [-0.1, -0.05) is 66.8 Å². The van der Waals surface area contributed by atoms with Gasteiger partial charge >= 0.3 is 0 Å². The lowest BCUT2D eigenvalue weighted by Gasteiger charge is -2.13. The lowest BCUT2D eigenvalue weighted by molar-refractivity contribution is -0.122. The van der Waals surface area contributed by atoms with E-state index >= 15 is 0 Å². The Morgan fingerprint density at radius 2 is 1.69 bits per heavy atom. The monoisotopic (exact) mass is 367 g/mol. The van der Waals surface area contributed by atoms with Crippen LogP contribution in [0.25, 0.3) is 0 Å². The molecule has 0 saturated carbocycles. The van der Waals surface area contributed by atoms with Crippen LogP contribution in [0.3, 0.4) is 0 Å². The number of para-hydroxylation sites is 1. The molecule has 0 aliphatic carbocycles. The van der Waals surface area contributed by atoms with Crippen molar-refractivity contribution in [2.24, 2.45) is 0 Å². The van der Waals surface area contributed by atoms with Gasteiger partial charge in [0.1, 0.15) is 10.8 Å². The summed E-state index contributed by atoms with van der Waals surface area (Å²) < 4.78 is 5.62. The van der Waals surface area contributed by atoms with Crippen LogP contribution < -0.4 is 10.1 Å². The zero-order valence-corrected chi connectivity index (χ0v) is 15.6.